The number of Topliss-reactive ketones (excluding diaryl/α,β-unsaturated/α-hetero) is 1. The van der Waals surface area contributed by atoms with Crippen molar-refractivity contribution in [2.45, 2.75) is 12.8 Å². The van der Waals surface area contributed by atoms with Crippen LogP contribution in [0.2, 0.25) is 0 Å². The molecule has 0 bridgehead atoms. The number of hydrogen-bond donors (Lipinski definition) is 1. The molecule has 2 rings (SSSR count). The second-order valence-corrected chi connectivity index (χ2v) is 5.02. The molecule has 0 aliphatic rings. The first-order valence-corrected chi connectivity index (χ1v) is 6.39. The fourth-order valence-corrected chi connectivity index (χ4v) is 1.94. The summed E-state index contributed by atoms with van der Waals surface area (Å²) >= 11 is 3.31. The van der Waals surface area contributed by atoms with Crippen LogP contribution in [0.5, 0.6) is 0 Å². The van der Waals surface area contributed by atoms with Crippen molar-refractivity contribution in [3.63, 3.8) is 0 Å². The number of hydrogen-bond acceptors (Lipinski definition) is 3. The molecule has 0 saturated heterocycles. The first kappa shape index (κ1) is 12.8. The Morgan fingerprint density at radius 2 is 2.06 bits per heavy atom. The standard InChI is InChI=1S/C14H13BrN2O/c15-11-4-5-13(17-9-11)8-14(18)7-10-2-1-3-12(16)6-10/h1-6,9H,7-8,16H2. The van der Waals surface area contributed by atoms with E-state index < -0.39 is 0 Å². The summed E-state index contributed by atoms with van der Waals surface area (Å²) in [6.45, 7) is 0. The van der Waals surface area contributed by atoms with Crippen LogP contribution in [-0.4, -0.2) is 10.8 Å². The van der Waals surface area contributed by atoms with Crippen LogP contribution >= 0.6 is 15.9 Å². The van der Waals surface area contributed by atoms with Crippen LogP contribution in [0.4, 0.5) is 5.69 Å². The zero-order chi connectivity index (χ0) is 13.0. The van der Waals surface area contributed by atoms with Gasteiger partial charge in [0.25, 0.3) is 0 Å². The molecular weight excluding hydrogens is 292 g/mol. The predicted octanol–water partition coefficient (Wildman–Crippen LogP) is 2.78. The monoisotopic (exact) mass is 304 g/mol. The number of carbonyl (C=O) groups excluding carboxylic acids is 1. The molecule has 1 aromatic carbocycles. The van der Waals surface area contributed by atoms with Gasteiger partial charge in [0.15, 0.2) is 0 Å². The van der Waals surface area contributed by atoms with Crippen molar-refractivity contribution in [1.82, 2.24) is 4.98 Å². The molecule has 0 aliphatic carbocycles. The van der Waals surface area contributed by atoms with Gasteiger partial charge in [0.1, 0.15) is 5.78 Å². The summed E-state index contributed by atoms with van der Waals surface area (Å²) in [7, 11) is 0. The summed E-state index contributed by atoms with van der Waals surface area (Å²) < 4.78 is 0.912. The molecule has 0 radical (unpaired) electrons. The van der Waals surface area contributed by atoms with Crippen LogP contribution < -0.4 is 5.73 Å². The minimum Gasteiger partial charge on any atom is -0.399 e. The number of anilines is 1. The Hall–Kier alpha value is -1.68. The molecule has 1 aromatic heterocycles. The van der Waals surface area contributed by atoms with Crippen molar-refractivity contribution in [1.29, 1.82) is 0 Å². The third-order valence-corrected chi connectivity index (χ3v) is 2.99. The van der Waals surface area contributed by atoms with Crippen LogP contribution in [0.25, 0.3) is 0 Å². The molecular formula is C14H13BrN2O. The van der Waals surface area contributed by atoms with Gasteiger partial charge in [-0.25, -0.2) is 0 Å². The first-order chi connectivity index (χ1) is 8.63. The number of rotatable bonds is 4. The van der Waals surface area contributed by atoms with Crippen molar-refractivity contribution in [3.8, 4) is 0 Å². The van der Waals surface area contributed by atoms with Crippen molar-refractivity contribution in [3.05, 3.63) is 58.3 Å². The van der Waals surface area contributed by atoms with Crippen LogP contribution in [0, 0.1) is 0 Å². The molecule has 0 saturated carbocycles. The SMILES string of the molecule is Nc1cccc(CC(=O)Cc2ccc(Br)cn2)c1. The van der Waals surface area contributed by atoms with Crippen LogP contribution in [-0.2, 0) is 17.6 Å². The zero-order valence-electron chi connectivity index (χ0n) is 9.77. The Labute approximate surface area is 114 Å². The molecule has 0 amide bonds. The average Bonchev–Trinajstić information content (AvgIpc) is 2.32. The highest BCUT2D eigenvalue weighted by Crippen LogP contribution is 2.11. The Balaban J connectivity index is 1.98. The topological polar surface area (TPSA) is 56.0 Å². The molecule has 0 fully saturated rings. The molecule has 0 unspecified atom stereocenters. The Bertz CT molecular complexity index is 552. The summed E-state index contributed by atoms with van der Waals surface area (Å²) in [4.78, 5) is 16.1. The molecule has 92 valence electrons. The highest BCUT2D eigenvalue weighted by Gasteiger charge is 2.06. The summed E-state index contributed by atoms with van der Waals surface area (Å²) in [5.74, 6) is 0.135. The van der Waals surface area contributed by atoms with E-state index in [9.17, 15) is 4.79 Å². The van der Waals surface area contributed by atoms with Gasteiger partial charge in [0.2, 0.25) is 0 Å². The lowest BCUT2D eigenvalue weighted by atomic mass is 10.1. The number of carbonyl (C=O) groups is 1. The lowest BCUT2D eigenvalue weighted by Gasteiger charge is -2.02. The second kappa shape index (κ2) is 5.78. The van der Waals surface area contributed by atoms with Gasteiger partial charge in [-0.3, -0.25) is 9.78 Å². The maximum absolute atomic E-state index is 11.9. The van der Waals surface area contributed by atoms with Crippen LogP contribution in [0.1, 0.15) is 11.3 Å². The zero-order valence-corrected chi connectivity index (χ0v) is 11.4. The third-order valence-electron chi connectivity index (χ3n) is 2.52. The van der Waals surface area contributed by atoms with E-state index in [0.29, 0.717) is 18.5 Å². The number of halogens is 1. The van der Waals surface area contributed by atoms with Crippen molar-refractivity contribution < 1.29 is 4.79 Å². The number of nitrogens with two attached hydrogens (primary N) is 1. The maximum atomic E-state index is 11.9. The molecule has 0 aliphatic heterocycles. The first-order valence-electron chi connectivity index (χ1n) is 5.60. The van der Waals surface area contributed by atoms with E-state index in [1.165, 1.54) is 0 Å². The Kier molecular flexibility index (Phi) is 4.10. The molecule has 0 spiro atoms. The van der Waals surface area contributed by atoms with E-state index in [2.05, 4.69) is 20.9 Å². The molecule has 0 atom stereocenters. The minimum atomic E-state index is 0.135. The maximum Gasteiger partial charge on any atom is 0.143 e. The van der Waals surface area contributed by atoms with Gasteiger partial charge >= 0.3 is 0 Å². The Morgan fingerprint density at radius 1 is 1.22 bits per heavy atom. The van der Waals surface area contributed by atoms with E-state index in [0.717, 1.165) is 15.7 Å². The van der Waals surface area contributed by atoms with E-state index in [4.69, 9.17) is 5.73 Å². The highest BCUT2D eigenvalue weighted by molar-refractivity contribution is 9.10. The van der Waals surface area contributed by atoms with Gasteiger partial charge in [0.05, 0.1) is 0 Å². The second-order valence-electron chi connectivity index (χ2n) is 4.11. The molecule has 3 nitrogen and oxygen atoms in total. The van der Waals surface area contributed by atoms with Gasteiger partial charge in [0, 0.05) is 34.9 Å². The lowest BCUT2D eigenvalue weighted by molar-refractivity contribution is -0.117. The van der Waals surface area contributed by atoms with Gasteiger partial charge in [-0.15, -0.1) is 0 Å². The number of nitrogen functional groups attached to an aromatic ring is 1. The largest absolute Gasteiger partial charge is 0.399 e. The Morgan fingerprint density at radius 3 is 2.72 bits per heavy atom. The smallest absolute Gasteiger partial charge is 0.143 e. The minimum absolute atomic E-state index is 0.135. The van der Waals surface area contributed by atoms with E-state index in [1.54, 1.807) is 6.20 Å². The molecule has 18 heavy (non-hydrogen) atoms. The number of benzene rings is 1. The number of nitrogens with zero attached hydrogens (tertiary/aromatic N) is 1. The predicted molar refractivity (Wildman–Crippen MR) is 75.2 cm³/mol. The number of ketones is 1. The summed E-state index contributed by atoms with van der Waals surface area (Å²) in [6, 6.07) is 11.1. The molecule has 2 N–H and O–H groups in total. The van der Waals surface area contributed by atoms with Crippen molar-refractivity contribution in [2.75, 3.05) is 5.73 Å². The van der Waals surface area contributed by atoms with E-state index >= 15 is 0 Å². The molecule has 2 aromatic rings. The van der Waals surface area contributed by atoms with Gasteiger partial charge in [-0.05, 0) is 45.8 Å². The van der Waals surface area contributed by atoms with Crippen LogP contribution in [0.15, 0.2) is 47.1 Å². The summed E-state index contributed by atoms with van der Waals surface area (Å²) in [6.07, 6.45) is 2.44. The molecule has 1 heterocycles. The summed E-state index contributed by atoms with van der Waals surface area (Å²) in [5, 5.41) is 0. The quantitative estimate of drug-likeness (QED) is 0.884. The van der Waals surface area contributed by atoms with Crippen LogP contribution in [0.3, 0.4) is 0 Å². The number of pyridine rings is 1. The average molecular weight is 305 g/mol. The fraction of sp³-hybridized carbons (Fsp3) is 0.143. The number of aromatic nitrogens is 1. The third kappa shape index (κ3) is 3.67. The van der Waals surface area contributed by atoms with E-state index in [1.807, 2.05) is 36.4 Å². The highest BCUT2D eigenvalue weighted by atomic mass is 79.9. The van der Waals surface area contributed by atoms with Crippen molar-refractivity contribution in [2.24, 2.45) is 0 Å². The normalized spacial score (nSPS) is 10.3. The fourth-order valence-electron chi connectivity index (χ4n) is 1.71. The van der Waals surface area contributed by atoms with Gasteiger partial charge < -0.3 is 5.73 Å². The summed E-state index contributed by atoms with van der Waals surface area (Å²) in [5.41, 5.74) is 8.08. The molecule has 4 heteroatoms. The lowest BCUT2D eigenvalue weighted by Crippen LogP contribution is -2.07. The van der Waals surface area contributed by atoms with Crippen molar-refractivity contribution >= 4 is 27.4 Å². The van der Waals surface area contributed by atoms with Gasteiger partial charge in [-0.2, -0.15) is 0 Å². The van der Waals surface area contributed by atoms with E-state index in [-0.39, 0.29) is 5.78 Å². The van der Waals surface area contributed by atoms with Gasteiger partial charge in [-0.1, -0.05) is 12.1 Å².